The number of hydrogen-bond donors (Lipinski definition) is 1. The van der Waals surface area contributed by atoms with Crippen molar-refractivity contribution in [3.05, 3.63) is 102 Å². The van der Waals surface area contributed by atoms with Gasteiger partial charge < -0.3 is 5.11 Å². The van der Waals surface area contributed by atoms with E-state index in [1.807, 2.05) is 84.9 Å². The van der Waals surface area contributed by atoms with Crippen LogP contribution in [0.2, 0.25) is 0 Å². The molecule has 3 heteroatoms. The monoisotopic (exact) mass is 339 g/mol. The molecule has 0 aliphatic heterocycles. The second-order valence-corrected chi connectivity index (χ2v) is 6.16. The molecule has 26 heavy (non-hydrogen) atoms. The Morgan fingerprint density at radius 3 is 2.12 bits per heavy atom. The minimum Gasteiger partial charge on any atom is -0.478 e. The van der Waals surface area contributed by atoms with Crippen molar-refractivity contribution in [3.8, 4) is 11.1 Å². The largest absolute Gasteiger partial charge is 0.478 e. The highest BCUT2D eigenvalue weighted by atomic mass is 16.4. The van der Waals surface area contributed by atoms with Gasteiger partial charge in [0.1, 0.15) is 0 Å². The van der Waals surface area contributed by atoms with Gasteiger partial charge in [-0.05, 0) is 17.2 Å². The Morgan fingerprint density at radius 2 is 1.42 bits per heavy atom. The number of aromatic nitrogens is 1. The van der Waals surface area contributed by atoms with Crippen molar-refractivity contribution in [3.63, 3.8) is 0 Å². The third-order valence-corrected chi connectivity index (χ3v) is 4.46. The summed E-state index contributed by atoms with van der Waals surface area (Å²) < 4.78 is 0. The molecule has 4 rings (SSSR count). The molecule has 0 bridgehead atoms. The third kappa shape index (κ3) is 2.95. The van der Waals surface area contributed by atoms with Gasteiger partial charge in [0.05, 0.1) is 16.8 Å². The Kier molecular flexibility index (Phi) is 4.20. The van der Waals surface area contributed by atoms with Gasteiger partial charge in [-0.15, -0.1) is 0 Å². The number of nitrogens with zero attached hydrogens (tertiary/aromatic N) is 1. The molecule has 0 aliphatic rings. The zero-order chi connectivity index (χ0) is 17.9. The predicted octanol–water partition coefficient (Wildman–Crippen LogP) is 5.19. The van der Waals surface area contributed by atoms with Crippen molar-refractivity contribution < 1.29 is 9.90 Å². The van der Waals surface area contributed by atoms with Crippen LogP contribution in [0.4, 0.5) is 0 Å². The van der Waals surface area contributed by atoms with E-state index >= 15 is 0 Å². The van der Waals surface area contributed by atoms with E-state index in [9.17, 15) is 9.90 Å². The normalized spacial score (nSPS) is 10.8. The molecule has 0 saturated carbocycles. The number of fused-ring (bicyclic) bond motifs is 1. The van der Waals surface area contributed by atoms with Gasteiger partial charge in [0.2, 0.25) is 0 Å². The summed E-state index contributed by atoms with van der Waals surface area (Å²) in [6, 6.07) is 27.1. The van der Waals surface area contributed by atoms with Gasteiger partial charge in [-0.25, -0.2) is 4.79 Å². The maximum Gasteiger partial charge on any atom is 0.337 e. The molecule has 0 radical (unpaired) electrons. The third-order valence-electron chi connectivity index (χ3n) is 4.46. The van der Waals surface area contributed by atoms with Gasteiger partial charge in [-0.3, -0.25) is 4.98 Å². The number of pyridine rings is 1. The van der Waals surface area contributed by atoms with Crippen molar-refractivity contribution >= 4 is 16.9 Å². The fourth-order valence-electron chi connectivity index (χ4n) is 3.32. The molecule has 3 aromatic carbocycles. The lowest BCUT2D eigenvalue weighted by molar-refractivity contribution is 0.0699. The fourth-order valence-corrected chi connectivity index (χ4v) is 3.32. The number of para-hydroxylation sites is 1. The molecular weight excluding hydrogens is 322 g/mol. The van der Waals surface area contributed by atoms with E-state index in [1.165, 1.54) is 0 Å². The number of aromatic carboxylic acids is 1. The lowest BCUT2D eigenvalue weighted by atomic mass is 9.92. The highest BCUT2D eigenvalue weighted by Crippen LogP contribution is 2.33. The summed E-state index contributed by atoms with van der Waals surface area (Å²) in [5.41, 5.74) is 4.46. The molecule has 0 saturated heterocycles. The molecule has 0 atom stereocenters. The molecule has 3 nitrogen and oxygen atoms in total. The molecule has 1 N–H and O–H groups in total. The van der Waals surface area contributed by atoms with E-state index in [0.717, 1.165) is 16.8 Å². The summed E-state index contributed by atoms with van der Waals surface area (Å²) >= 11 is 0. The van der Waals surface area contributed by atoms with Crippen LogP contribution in [0.15, 0.2) is 84.9 Å². The lowest BCUT2D eigenvalue weighted by Crippen LogP contribution is -2.07. The summed E-state index contributed by atoms with van der Waals surface area (Å²) in [4.78, 5) is 17.0. The summed E-state index contributed by atoms with van der Waals surface area (Å²) in [5, 5.41) is 10.7. The molecule has 126 valence electrons. The van der Waals surface area contributed by atoms with Crippen molar-refractivity contribution in [2.45, 2.75) is 6.42 Å². The first-order valence-electron chi connectivity index (χ1n) is 8.48. The lowest BCUT2D eigenvalue weighted by Gasteiger charge is -2.15. The molecule has 1 aromatic heterocycles. The van der Waals surface area contributed by atoms with Gasteiger partial charge >= 0.3 is 5.97 Å². The fraction of sp³-hybridized carbons (Fsp3) is 0.0435. The van der Waals surface area contributed by atoms with Gasteiger partial charge in [0, 0.05) is 17.4 Å². The van der Waals surface area contributed by atoms with E-state index in [2.05, 4.69) is 0 Å². The average molecular weight is 339 g/mol. The Balaban J connectivity index is 2.04. The Morgan fingerprint density at radius 1 is 0.808 bits per heavy atom. The summed E-state index contributed by atoms with van der Waals surface area (Å²) in [5.74, 6) is -0.934. The van der Waals surface area contributed by atoms with Crippen LogP contribution in [0.5, 0.6) is 0 Å². The predicted molar refractivity (Wildman–Crippen MR) is 103 cm³/mol. The van der Waals surface area contributed by atoms with Crippen LogP contribution in [0, 0.1) is 0 Å². The van der Waals surface area contributed by atoms with Crippen LogP contribution >= 0.6 is 0 Å². The Labute approximate surface area is 151 Å². The summed E-state index contributed by atoms with van der Waals surface area (Å²) in [6.07, 6.45) is 0.580. The number of carbonyl (C=O) groups is 1. The van der Waals surface area contributed by atoms with Crippen LogP contribution in [-0.4, -0.2) is 16.1 Å². The first-order valence-corrected chi connectivity index (χ1v) is 8.48. The van der Waals surface area contributed by atoms with Crippen molar-refractivity contribution in [2.24, 2.45) is 0 Å². The van der Waals surface area contributed by atoms with Crippen LogP contribution in [-0.2, 0) is 6.42 Å². The number of carboxylic acids is 1. The second-order valence-electron chi connectivity index (χ2n) is 6.16. The van der Waals surface area contributed by atoms with Gasteiger partial charge in [0.15, 0.2) is 0 Å². The molecule has 0 unspecified atom stereocenters. The molecule has 0 fully saturated rings. The molecular formula is C23H17NO2. The molecule has 0 spiro atoms. The van der Waals surface area contributed by atoms with Crippen LogP contribution in [0.25, 0.3) is 22.0 Å². The quantitative estimate of drug-likeness (QED) is 0.556. The van der Waals surface area contributed by atoms with E-state index in [-0.39, 0.29) is 0 Å². The maximum atomic E-state index is 12.2. The SMILES string of the molecule is O=C(O)c1c(-c2ccccc2)c(Cc2ccccc2)nc2ccccc12. The minimum absolute atomic E-state index is 0.313. The molecule has 4 aromatic rings. The molecule has 0 amide bonds. The summed E-state index contributed by atoms with van der Waals surface area (Å²) in [7, 11) is 0. The highest BCUT2D eigenvalue weighted by molar-refractivity contribution is 6.09. The van der Waals surface area contributed by atoms with Crippen molar-refractivity contribution in [1.82, 2.24) is 4.98 Å². The Bertz CT molecular complexity index is 1070. The topological polar surface area (TPSA) is 50.2 Å². The standard InChI is InChI=1S/C23H17NO2/c25-23(26)22-18-13-7-8-14-19(18)24-20(15-16-9-3-1-4-10-16)21(22)17-11-5-2-6-12-17/h1-14H,15H2,(H,25,26). The van der Waals surface area contributed by atoms with Gasteiger partial charge in [0.25, 0.3) is 0 Å². The van der Waals surface area contributed by atoms with Crippen molar-refractivity contribution in [2.75, 3.05) is 0 Å². The highest BCUT2D eigenvalue weighted by Gasteiger charge is 2.21. The van der Waals surface area contributed by atoms with E-state index in [1.54, 1.807) is 0 Å². The van der Waals surface area contributed by atoms with Gasteiger partial charge in [-0.1, -0.05) is 78.9 Å². The number of benzene rings is 3. The van der Waals surface area contributed by atoms with Gasteiger partial charge in [-0.2, -0.15) is 0 Å². The van der Waals surface area contributed by atoms with Crippen LogP contribution in [0.3, 0.4) is 0 Å². The number of rotatable bonds is 4. The second kappa shape index (κ2) is 6.81. The van der Waals surface area contributed by atoms with E-state index in [4.69, 9.17) is 4.98 Å². The zero-order valence-electron chi connectivity index (χ0n) is 14.1. The maximum absolute atomic E-state index is 12.2. The first kappa shape index (κ1) is 16.0. The molecule has 1 heterocycles. The van der Waals surface area contributed by atoms with Crippen LogP contribution < -0.4 is 0 Å². The first-order chi connectivity index (χ1) is 12.7. The zero-order valence-corrected chi connectivity index (χ0v) is 14.1. The number of hydrogen-bond acceptors (Lipinski definition) is 2. The van der Waals surface area contributed by atoms with E-state index in [0.29, 0.717) is 28.5 Å². The van der Waals surface area contributed by atoms with E-state index < -0.39 is 5.97 Å². The Hall–Kier alpha value is -3.46. The molecule has 0 aliphatic carbocycles. The van der Waals surface area contributed by atoms with Crippen LogP contribution in [0.1, 0.15) is 21.6 Å². The minimum atomic E-state index is -0.934. The smallest absolute Gasteiger partial charge is 0.337 e. The average Bonchev–Trinajstić information content (AvgIpc) is 2.68. The summed E-state index contributed by atoms with van der Waals surface area (Å²) in [6.45, 7) is 0. The van der Waals surface area contributed by atoms with Crippen molar-refractivity contribution in [1.29, 1.82) is 0 Å². The number of carboxylic acid groups (broad SMARTS) is 1.